The fourth-order valence-electron chi connectivity index (χ4n) is 2.53. The number of rotatable bonds is 7. The molecule has 0 fully saturated rings. The van der Waals surface area contributed by atoms with Crippen LogP contribution < -0.4 is 14.9 Å². The first kappa shape index (κ1) is 17.6. The lowest BCUT2D eigenvalue weighted by Crippen LogP contribution is -2.32. The number of sulfonamides is 1. The van der Waals surface area contributed by atoms with Crippen LogP contribution in [0.2, 0.25) is 0 Å². The molecule has 1 aromatic carbocycles. The molecule has 1 aliphatic heterocycles. The van der Waals surface area contributed by atoms with Crippen molar-refractivity contribution in [1.29, 1.82) is 0 Å². The molecule has 0 saturated heterocycles. The molecule has 0 aromatic heterocycles. The van der Waals surface area contributed by atoms with Crippen LogP contribution in [0, 0.1) is 0 Å². The van der Waals surface area contributed by atoms with Gasteiger partial charge < -0.3 is 15.4 Å². The van der Waals surface area contributed by atoms with Crippen molar-refractivity contribution in [2.75, 3.05) is 42.2 Å². The first-order chi connectivity index (χ1) is 11.0. The molecule has 1 aromatic rings. The normalized spacial score (nSPS) is 13.7. The van der Waals surface area contributed by atoms with Crippen molar-refractivity contribution in [1.82, 2.24) is 5.32 Å². The minimum atomic E-state index is -3.30. The minimum absolute atomic E-state index is 0.127. The van der Waals surface area contributed by atoms with Gasteiger partial charge >= 0.3 is 6.03 Å². The van der Waals surface area contributed by atoms with Crippen molar-refractivity contribution in [3.63, 3.8) is 0 Å². The van der Waals surface area contributed by atoms with Crippen LogP contribution in [0.4, 0.5) is 16.2 Å². The predicted molar refractivity (Wildman–Crippen MR) is 90.5 cm³/mol. The SMILES string of the molecule is CCCS(=O)(=O)N1CCc2ccc(NC(=O)NCCOC)cc21. The number of hydrogen-bond acceptors (Lipinski definition) is 4. The van der Waals surface area contributed by atoms with E-state index in [1.807, 2.05) is 13.0 Å². The Kier molecular flexibility index (Phi) is 5.84. The van der Waals surface area contributed by atoms with Crippen LogP contribution in [0.1, 0.15) is 18.9 Å². The van der Waals surface area contributed by atoms with Gasteiger partial charge in [0.2, 0.25) is 10.0 Å². The molecule has 0 atom stereocenters. The van der Waals surface area contributed by atoms with E-state index in [9.17, 15) is 13.2 Å². The van der Waals surface area contributed by atoms with Crippen molar-refractivity contribution >= 4 is 27.4 Å². The molecule has 23 heavy (non-hydrogen) atoms. The maximum atomic E-state index is 12.3. The van der Waals surface area contributed by atoms with Gasteiger partial charge in [-0.15, -0.1) is 0 Å². The number of benzene rings is 1. The molecule has 1 aliphatic rings. The summed E-state index contributed by atoms with van der Waals surface area (Å²) in [6.07, 6.45) is 1.27. The van der Waals surface area contributed by atoms with Crippen molar-refractivity contribution < 1.29 is 17.9 Å². The molecule has 0 spiro atoms. The quantitative estimate of drug-likeness (QED) is 0.737. The second-order valence-electron chi connectivity index (χ2n) is 5.36. The maximum Gasteiger partial charge on any atom is 0.319 e. The highest BCUT2D eigenvalue weighted by atomic mass is 32.2. The topological polar surface area (TPSA) is 87.7 Å². The number of amides is 2. The third-order valence-electron chi connectivity index (χ3n) is 3.59. The van der Waals surface area contributed by atoms with Gasteiger partial charge in [0.15, 0.2) is 0 Å². The lowest BCUT2D eigenvalue weighted by molar-refractivity contribution is 0.198. The summed E-state index contributed by atoms with van der Waals surface area (Å²) < 4.78 is 30.9. The first-order valence-electron chi connectivity index (χ1n) is 7.65. The van der Waals surface area contributed by atoms with Crippen LogP contribution in [0.25, 0.3) is 0 Å². The van der Waals surface area contributed by atoms with Crippen LogP contribution in [-0.4, -0.2) is 47.0 Å². The van der Waals surface area contributed by atoms with Crippen LogP contribution in [-0.2, 0) is 21.2 Å². The third kappa shape index (κ3) is 4.35. The summed E-state index contributed by atoms with van der Waals surface area (Å²) in [6, 6.07) is 5.01. The maximum absolute atomic E-state index is 12.3. The summed E-state index contributed by atoms with van der Waals surface area (Å²) in [5.41, 5.74) is 2.21. The summed E-state index contributed by atoms with van der Waals surface area (Å²) in [6.45, 7) is 3.14. The van der Waals surface area contributed by atoms with Crippen LogP contribution in [0.5, 0.6) is 0 Å². The van der Waals surface area contributed by atoms with E-state index in [1.165, 1.54) is 4.31 Å². The average Bonchev–Trinajstić information content (AvgIpc) is 2.91. The Labute approximate surface area is 137 Å². The highest BCUT2D eigenvalue weighted by molar-refractivity contribution is 7.92. The second-order valence-corrected chi connectivity index (χ2v) is 7.37. The van der Waals surface area contributed by atoms with Crippen molar-refractivity contribution in [3.8, 4) is 0 Å². The second kappa shape index (κ2) is 7.65. The Morgan fingerprint density at radius 2 is 2.17 bits per heavy atom. The average molecular weight is 341 g/mol. The number of hydrogen-bond donors (Lipinski definition) is 2. The molecular formula is C15H23N3O4S. The fourth-order valence-corrected chi connectivity index (χ4v) is 4.10. The lowest BCUT2D eigenvalue weighted by atomic mass is 10.1. The molecule has 8 heteroatoms. The first-order valence-corrected chi connectivity index (χ1v) is 9.26. The van der Waals surface area contributed by atoms with Gasteiger partial charge in [-0.25, -0.2) is 13.2 Å². The predicted octanol–water partition coefficient (Wildman–Crippen LogP) is 1.56. The zero-order valence-electron chi connectivity index (χ0n) is 13.5. The van der Waals surface area contributed by atoms with Crippen molar-refractivity contribution in [2.24, 2.45) is 0 Å². The summed E-state index contributed by atoms with van der Waals surface area (Å²) >= 11 is 0. The molecule has 0 unspecified atom stereocenters. The fraction of sp³-hybridized carbons (Fsp3) is 0.533. The number of urea groups is 1. The zero-order valence-corrected chi connectivity index (χ0v) is 14.3. The van der Waals surface area contributed by atoms with Gasteiger partial charge in [-0.1, -0.05) is 13.0 Å². The zero-order chi connectivity index (χ0) is 16.9. The van der Waals surface area contributed by atoms with E-state index in [-0.39, 0.29) is 11.8 Å². The van der Waals surface area contributed by atoms with Gasteiger partial charge in [0.25, 0.3) is 0 Å². The molecular weight excluding hydrogens is 318 g/mol. The molecule has 7 nitrogen and oxygen atoms in total. The van der Waals surface area contributed by atoms with Gasteiger partial charge in [-0.05, 0) is 30.5 Å². The van der Waals surface area contributed by atoms with Crippen LogP contribution in [0.15, 0.2) is 18.2 Å². The highest BCUT2D eigenvalue weighted by Gasteiger charge is 2.28. The van der Waals surface area contributed by atoms with E-state index in [0.717, 1.165) is 5.56 Å². The lowest BCUT2D eigenvalue weighted by Gasteiger charge is -2.19. The van der Waals surface area contributed by atoms with Crippen molar-refractivity contribution in [3.05, 3.63) is 23.8 Å². The summed E-state index contributed by atoms with van der Waals surface area (Å²) in [5.74, 6) is 0.127. The molecule has 1 heterocycles. The molecule has 0 aliphatic carbocycles. The molecule has 128 valence electrons. The number of carbonyl (C=O) groups excluding carboxylic acids is 1. The van der Waals surface area contributed by atoms with E-state index < -0.39 is 10.0 Å². The molecule has 0 bridgehead atoms. The summed E-state index contributed by atoms with van der Waals surface area (Å²) in [4.78, 5) is 11.8. The Balaban J connectivity index is 2.11. The van der Waals surface area contributed by atoms with Crippen LogP contribution in [0.3, 0.4) is 0 Å². The third-order valence-corrected chi connectivity index (χ3v) is 5.56. The minimum Gasteiger partial charge on any atom is -0.383 e. The monoisotopic (exact) mass is 341 g/mol. The summed E-state index contributed by atoms with van der Waals surface area (Å²) in [5, 5.41) is 5.36. The Bertz CT molecular complexity index is 661. The molecule has 2 rings (SSSR count). The smallest absolute Gasteiger partial charge is 0.319 e. The molecule has 2 N–H and O–H groups in total. The van der Waals surface area contributed by atoms with Gasteiger partial charge in [0, 0.05) is 25.9 Å². The summed E-state index contributed by atoms with van der Waals surface area (Å²) in [7, 11) is -1.74. The largest absolute Gasteiger partial charge is 0.383 e. The van der Waals surface area contributed by atoms with Gasteiger partial charge in [-0.2, -0.15) is 0 Å². The van der Waals surface area contributed by atoms with Gasteiger partial charge in [0.1, 0.15) is 0 Å². The Morgan fingerprint density at radius 1 is 1.39 bits per heavy atom. The number of ether oxygens (including phenoxy) is 1. The number of anilines is 2. The highest BCUT2D eigenvalue weighted by Crippen LogP contribution is 2.33. The van der Waals surface area contributed by atoms with E-state index in [2.05, 4.69) is 10.6 Å². The standard InChI is InChI=1S/C15H23N3O4S/c1-3-10-23(20,21)18-8-6-12-4-5-13(11-14(12)18)17-15(19)16-7-9-22-2/h4-5,11H,3,6-10H2,1-2H3,(H2,16,17,19). The number of nitrogens with zero attached hydrogens (tertiary/aromatic N) is 1. The number of carbonyl (C=O) groups is 1. The molecule has 0 radical (unpaired) electrons. The number of nitrogens with one attached hydrogen (secondary N) is 2. The number of fused-ring (bicyclic) bond motifs is 1. The molecule has 0 saturated carbocycles. The van der Waals surface area contributed by atoms with Gasteiger partial charge in [-0.3, -0.25) is 4.31 Å². The van der Waals surface area contributed by atoms with E-state index in [4.69, 9.17) is 4.74 Å². The Morgan fingerprint density at radius 3 is 2.87 bits per heavy atom. The van der Waals surface area contributed by atoms with Crippen molar-refractivity contribution in [2.45, 2.75) is 19.8 Å². The number of methoxy groups -OCH3 is 1. The molecule has 2 amide bonds. The van der Waals surface area contributed by atoms with Gasteiger partial charge in [0.05, 0.1) is 18.0 Å². The Hall–Kier alpha value is -1.80. The van der Waals surface area contributed by atoms with E-state index >= 15 is 0 Å². The van der Waals surface area contributed by atoms with E-state index in [1.54, 1.807) is 19.2 Å². The van der Waals surface area contributed by atoms with Crippen LogP contribution >= 0.6 is 0 Å². The van der Waals surface area contributed by atoms with E-state index in [0.29, 0.717) is 43.9 Å².